The summed E-state index contributed by atoms with van der Waals surface area (Å²) in [6, 6.07) is 3.33. The highest BCUT2D eigenvalue weighted by molar-refractivity contribution is 7.99. The molecule has 0 aliphatic carbocycles. The predicted octanol–water partition coefficient (Wildman–Crippen LogP) is 2.84. The number of piperidine rings is 1. The molecule has 2 aliphatic heterocycles. The first-order chi connectivity index (χ1) is 10.5. The summed E-state index contributed by atoms with van der Waals surface area (Å²) >= 11 is 1.85. The Hall–Kier alpha value is -1.37. The molecule has 1 atom stereocenters. The molecule has 0 bridgehead atoms. The first-order valence-electron chi connectivity index (χ1n) is 7.41. The summed E-state index contributed by atoms with van der Waals surface area (Å²) in [4.78, 5) is 17.9. The summed E-state index contributed by atoms with van der Waals surface area (Å²) in [6.07, 6.45) is 2.12. The van der Waals surface area contributed by atoms with E-state index in [-0.39, 0.29) is 37.9 Å². The highest BCUT2D eigenvalue weighted by atomic mass is 32.2. The molecule has 3 rings (SSSR count). The Morgan fingerprint density at radius 3 is 2.73 bits per heavy atom. The maximum absolute atomic E-state index is 13.1. The lowest BCUT2D eigenvalue weighted by molar-refractivity contribution is -0.0494. The van der Waals surface area contributed by atoms with E-state index >= 15 is 0 Å². The number of ether oxygens (including phenoxy) is 1. The average Bonchev–Trinajstić information content (AvgIpc) is 3.00. The molecule has 1 unspecified atom stereocenters. The van der Waals surface area contributed by atoms with Gasteiger partial charge in [0.25, 0.3) is 11.8 Å². The second kappa shape index (κ2) is 6.40. The molecule has 0 aromatic carbocycles. The fraction of sp³-hybridized carbons (Fsp3) is 0.600. The Kier molecular flexibility index (Phi) is 4.52. The molecule has 2 fully saturated rings. The van der Waals surface area contributed by atoms with Crippen LogP contribution in [0.3, 0.4) is 0 Å². The van der Waals surface area contributed by atoms with E-state index in [4.69, 9.17) is 4.74 Å². The van der Waals surface area contributed by atoms with Crippen LogP contribution >= 0.6 is 11.8 Å². The molecule has 1 aromatic heterocycles. The van der Waals surface area contributed by atoms with Crippen LogP contribution in [-0.2, 0) is 0 Å². The third kappa shape index (κ3) is 3.69. The van der Waals surface area contributed by atoms with Gasteiger partial charge in [-0.2, -0.15) is 11.8 Å². The van der Waals surface area contributed by atoms with Gasteiger partial charge in [0.1, 0.15) is 6.10 Å². The number of likely N-dealkylation sites (tertiary alicyclic amines) is 1. The van der Waals surface area contributed by atoms with Gasteiger partial charge in [-0.25, -0.2) is 13.8 Å². The van der Waals surface area contributed by atoms with Gasteiger partial charge in [0, 0.05) is 43.9 Å². The van der Waals surface area contributed by atoms with Crippen molar-refractivity contribution in [3.05, 3.63) is 23.9 Å². The van der Waals surface area contributed by atoms with Gasteiger partial charge in [-0.15, -0.1) is 0 Å². The monoisotopic (exact) mass is 328 g/mol. The first-order valence-corrected chi connectivity index (χ1v) is 8.56. The number of halogens is 2. The van der Waals surface area contributed by atoms with Gasteiger partial charge < -0.3 is 9.64 Å². The van der Waals surface area contributed by atoms with Crippen molar-refractivity contribution < 1.29 is 18.3 Å². The summed E-state index contributed by atoms with van der Waals surface area (Å²) in [5.41, 5.74) is 0.415. The summed E-state index contributed by atoms with van der Waals surface area (Å²) in [6.45, 7) is 0.173. The van der Waals surface area contributed by atoms with Crippen molar-refractivity contribution in [2.45, 2.75) is 31.3 Å². The molecule has 0 N–H and O–H groups in total. The number of thioether (sulfide) groups is 1. The van der Waals surface area contributed by atoms with Crippen LogP contribution in [0.5, 0.6) is 5.88 Å². The Morgan fingerprint density at radius 1 is 1.36 bits per heavy atom. The molecule has 2 aliphatic rings. The summed E-state index contributed by atoms with van der Waals surface area (Å²) < 4.78 is 32.0. The molecular weight excluding hydrogens is 310 g/mol. The highest BCUT2D eigenvalue weighted by Crippen LogP contribution is 2.28. The van der Waals surface area contributed by atoms with Crippen molar-refractivity contribution in [3.8, 4) is 5.88 Å². The fourth-order valence-electron chi connectivity index (χ4n) is 2.57. The van der Waals surface area contributed by atoms with Gasteiger partial charge in [-0.1, -0.05) is 0 Å². The Bertz CT molecular complexity index is 523. The number of rotatable bonds is 3. The van der Waals surface area contributed by atoms with E-state index in [1.165, 1.54) is 11.1 Å². The van der Waals surface area contributed by atoms with Gasteiger partial charge in [0.15, 0.2) is 0 Å². The number of pyridine rings is 1. The molecule has 2 saturated heterocycles. The van der Waals surface area contributed by atoms with Crippen LogP contribution in [-0.4, -0.2) is 52.4 Å². The quantitative estimate of drug-likeness (QED) is 0.856. The molecule has 120 valence electrons. The normalized spacial score (nSPS) is 24.3. The molecule has 0 radical (unpaired) electrons. The molecule has 7 heteroatoms. The average molecular weight is 328 g/mol. The van der Waals surface area contributed by atoms with Crippen molar-refractivity contribution in [1.29, 1.82) is 0 Å². The lowest BCUT2D eigenvalue weighted by atomic mass is 10.1. The Balaban J connectivity index is 1.59. The van der Waals surface area contributed by atoms with Crippen LogP contribution in [0.2, 0.25) is 0 Å². The van der Waals surface area contributed by atoms with Crippen molar-refractivity contribution in [3.63, 3.8) is 0 Å². The van der Waals surface area contributed by atoms with Crippen LogP contribution in [0.15, 0.2) is 18.3 Å². The number of aromatic nitrogens is 1. The topological polar surface area (TPSA) is 42.4 Å². The molecule has 1 amide bonds. The molecule has 0 spiro atoms. The first kappa shape index (κ1) is 15.5. The van der Waals surface area contributed by atoms with Gasteiger partial charge in [-0.05, 0) is 18.2 Å². The van der Waals surface area contributed by atoms with Crippen LogP contribution in [0.1, 0.15) is 29.6 Å². The molecular formula is C15H18F2N2O2S. The molecule has 3 heterocycles. The number of carbonyl (C=O) groups excluding carboxylic acids is 1. The maximum Gasteiger partial charge on any atom is 0.255 e. The maximum atomic E-state index is 13.1. The second-order valence-electron chi connectivity index (χ2n) is 5.64. The van der Waals surface area contributed by atoms with Gasteiger partial charge in [0.2, 0.25) is 5.88 Å². The van der Waals surface area contributed by atoms with E-state index in [2.05, 4.69) is 4.98 Å². The van der Waals surface area contributed by atoms with Crippen LogP contribution in [0.4, 0.5) is 8.78 Å². The van der Waals surface area contributed by atoms with E-state index in [0.29, 0.717) is 11.4 Å². The largest absolute Gasteiger partial charge is 0.473 e. The number of hydrogen-bond acceptors (Lipinski definition) is 4. The number of carbonyl (C=O) groups is 1. The minimum atomic E-state index is -2.65. The fourth-order valence-corrected chi connectivity index (χ4v) is 3.67. The lowest BCUT2D eigenvalue weighted by Gasteiger charge is -2.31. The van der Waals surface area contributed by atoms with Gasteiger partial charge in [0.05, 0.1) is 5.56 Å². The molecule has 22 heavy (non-hydrogen) atoms. The van der Waals surface area contributed by atoms with E-state index < -0.39 is 5.92 Å². The Morgan fingerprint density at radius 2 is 2.14 bits per heavy atom. The minimum Gasteiger partial charge on any atom is -0.473 e. The van der Waals surface area contributed by atoms with Crippen molar-refractivity contribution in [1.82, 2.24) is 9.88 Å². The van der Waals surface area contributed by atoms with Gasteiger partial charge >= 0.3 is 0 Å². The zero-order chi connectivity index (χ0) is 15.6. The summed E-state index contributed by atoms with van der Waals surface area (Å²) in [5, 5.41) is 0. The van der Waals surface area contributed by atoms with Crippen LogP contribution in [0.25, 0.3) is 0 Å². The number of hydrogen-bond donors (Lipinski definition) is 0. The van der Waals surface area contributed by atoms with Crippen molar-refractivity contribution in [2.75, 3.05) is 24.6 Å². The third-order valence-electron chi connectivity index (χ3n) is 3.94. The molecule has 1 aromatic rings. The van der Waals surface area contributed by atoms with E-state index in [9.17, 15) is 13.6 Å². The SMILES string of the molecule is O=C(c1ccc(OC2CCSC2)nc1)N1CCC(F)(F)CC1. The van der Waals surface area contributed by atoms with Gasteiger partial charge in [-0.3, -0.25) is 4.79 Å². The van der Waals surface area contributed by atoms with Crippen molar-refractivity contribution in [2.24, 2.45) is 0 Å². The summed E-state index contributed by atoms with van der Waals surface area (Å²) in [5.74, 6) is -0.322. The predicted molar refractivity (Wildman–Crippen MR) is 80.7 cm³/mol. The second-order valence-corrected chi connectivity index (χ2v) is 6.79. The molecule has 4 nitrogen and oxygen atoms in total. The number of alkyl halides is 2. The smallest absolute Gasteiger partial charge is 0.255 e. The summed E-state index contributed by atoms with van der Waals surface area (Å²) in [7, 11) is 0. The third-order valence-corrected chi connectivity index (χ3v) is 5.07. The standard InChI is InChI=1S/C15H18F2N2O2S/c16-15(17)4-6-19(7-5-15)14(20)11-1-2-13(18-9-11)21-12-3-8-22-10-12/h1-2,9,12H,3-8,10H2. The van der Waals surface area contributed by atoms with E-state index in [0.717, 1.165) is 17.9 Å². The van der Waals surface area contributed by atoms with Crippen molar-refractivity contribution >= 4 is 17.7 Å². The minimum absolute atomic E-state index is 0.0867. The number of nitrogens with zero attached hydrogens (tertiary/aromatic N) is 2. The van der Waals surface area contributed by atoms with E-state index in [1.807, 2.05) is 11.8 Å². The lowest BCUT2D eigenvalue weighted by Crippen LogP contribution is -2.42. The zero-order valence-electron chi connectivity index (χ0n) is 12.1. The highest BCUT2D eigenvalue weighted by Gasteiger charge is 2.35. The Labute approximate surface area is 132 Å². The van der Waals surface area contributed by atoms with Crippen LogP contribution < -0.4 is 4.74 Å². The number of amides is 1. The zero-order valence-corrected chi connectivity index (χ0v) is 13.0. The van der Waals surface area contributed by atoms with E-state index in [1.54, 1.807) is 12.1 Å². The molecule has 0 saturated carbocycles. The van der Waals surface area contributed by atoms with Crippen LogP contribution in [0, 0.1) is 0 Å².